The number of hydrogen-bond donors (Lipinski definition) is 1. The summed E-state index contributed by atoms with van der Waals surface area (Å²) in [5.41, 5.74) is 6.35. The van der Waals surface area contributed by atoms with Crippen LogP contribution in [-0.2, 0) is 4.74 Å². The number of ether oxygens (including phenoxy) is 1. The Morgan fingerprint density at radius 1 is 1.14 bits per heavy atom. The molecule has 0 spiro atoms. The van der Waals surface area contributed by atoms with Crippen LogP contribution in [0.15, 0.2) is 0 Å². The summed E-state index contributed by atoms with van der Waals surface area (Å²) >= 11 is 0. The molecule has 2 aliphatic rings. The van der Waals surface area contributed by atoms with Crippen LogP contribution < -0.4 is 5.73 Å². The molecule has 2 rings (SSSR count). The van der Waals surface area contributed by atoms with Crippen LogP contribution in [-0.4, -0.2) is 18.2 Å². The van der Waals surface area contributed by atoms with Crippen LogP contribution >= 0.6 is 0 Å². The molecule has 0 amide bonds. The second kappa shape index (κ2) is 3.82. The van der Waals surface area contributed by atoms with E-state index in [0.717, 1.165) is 5.92 Å². The van der Waals surface area contributed by atoms with Crippen LogP contribution in [0.1, 0.15) is 40.0 Å². The molecule has 2 heteroatoms. The lowest BCUT2D eigenvalue weighted by Gasteiger charge is -2.37. The van der Waals surface area contributed by atoms with E-state index in [-0.39, 0.29) is 0 Å². The fourth-order valence-electron chi connectivity index (χ4n) is 3.10. The van der Waals surface area contributed by atoms with Gasteiger partial charge in [0.05, 0.1) is 12.2 Å². The Morgan fingerprint density at radius 3 is 2.14 bits per heavy atom. The summed E-state index contributed by atoms with van der Waals surface area (Å²) in [5.74, 6) is 1.98. The summed E-state index contributed by atoms with van der Waals surface area (Å²) in [6.45, 7) is 6.65. The van der Waals surface area contributed by atoms with E-state index in [2.05, 4.69) is 20.8 Å². The van der Waals surface area contributed by atoms with Gasteiger partial charge >= 0.3 is 0 Å². The van der Waals surface area contributed by atoms with Gasteiger partial charge in [-0.1, -0.05) is 13.3 Å². The van der Waals surface area contributed by atoms with Gasteiger partial charge in [-0.15, -0.1) is 0 Å². The maximum absolute atomic E-state index is 6.35. The van der Waals surface area contributed by atoms with Crippen molar-refractivity contribution in [3.63, 3.8) is 0 Å². The Morgan fingerprint density at radius 2 is 1.79 bits per heavy atom. The highest BCUT2D eigenvalue weighted by atomic mass is 16.5. The van der Waals surface area contributed by atoms with Gasteiger partial charge in [-0.2, -0.15) is 0 Å². The van der Waals surface area contributed by atoms with Gasteiger partial charge in [-0.3, -0.25) is 0 Å². The average molecular weight is 197 g/mol. The second-order valence-electron chi connectivity index (χ2n) is 5.25. The Balaban J connectivity index is 2.00. The van der Waals surface area contributed by atoms with Gasteiger partial charge < -0.3 is 10.5 Å². The van der Waals surface area contributed by atoms with Gasteiger partial charge in [0.25, 0.3) is 0 Å². The van der Waals surface area contributed by atoms with E-state index in [1.807, 2.05) is 0 Å². The first kappa shape index (κ1) is 10.4. The zero-order valence-corrected chi connectivity index (χ0v) is 9.57. The molecule has 0 bridgehead atoms. The Hall–Kier alpha value is -0.0800. The maximum atomic E-state index is 6.35. The van der Waals surface area contributed by atoms with Crippen molar-refractivity contribution in [3.8, 4) is 0 Å². The van der Waals surface area contributed by atoms with E-state index >= 15 is 0 Å². The standard InChI is InChI=1S/C12H23NO/c1-7-8(2)14-9(3)11(7)12(13)10-5-4-6-10/h7-12H,4-6,13H2,1-3H3. The Labute approximate surface area is 87.2 Å². The molecule has 0 radical (unpaired) electrons. The second-order valence-corrected chi connectivity index (χ2v) is 5.25. The lowest BCUT2D eigenvalue weighted by molar-refractivity contribution is 0.0440. The smallest absolute Gasteiger partial charge is 0.0597 e. The molecule has 2 nitrogen and oxygen atoms in total. The van der Waals surface area contributed by atoms with Crippen molar-refractivity contribution >= 4 is 0 Å². The average Bonchev–Trinajstić information content (AvgIpc) is 2.23. The van der Waals surface area contributed by atoms with Gasteiger partial charge in [0.2, 0.25) is 0 Å². The van der Waals surface area contributed by atoms with E-state index in [1.165, 1.54) is 19.3 Å². The molecule has 0 aromatic rings. The van der Waals surface area contributed by atoms with Crippen LogP contribution in [0.3, 0.4) is 0 Å². The molecule has 1 saturated carbocycles. The van der Waals surface area contributed by atoms with Gasteiger partial charge in [-0.25, -0.2) is 0 Å². The van der Waals surface area contributed by atoms with E-state index in [1.54, 1.807) is 0 Å². The molecule has 5 unspecified atom stereocenters. The molecule has 14 heavy (non-hydrogen) atoms. The van der Waals surface area contributed by atoms with Crippen molar-refractivity contribution in [2.24, 2.45) is 23.5 Å². The normalized spacial score (nSPS) is 46.3. The first-order valence-corrected chi connectivity index (χ1v) is 6.02. The van der Waals surface area contributed by atoms with Gasteiger partial charge in [0, 0.05) is 12.0 Å². The van der Waals surface area contributed by atoms with Crippen LogP contribution in [0.25, 0.3) is 0 Å². The number of nitrogens with two attached hydrogens (primary N) is 1. The van der Waals surface area contributed by atoms with Gasteiger partial charge in [0.15, 0.2) is 0 Å². The topological polar surface area (TPSA) is 35.2 Å². The summed E-state index contributed by atoms with van der Waals surface area (Å²) in [6.07, 6.45) is 4.80. The fourth-order valence-corrected chi connectivity index (χ4v) is 3.10. The molecule has 5 atom stereocenters. The Bertz CT molecular complexity index is 202. The molecular formula is C12H23NO. The van der Waals surface area contributed by atoms with E-state index in [4.69, 9.17) is 10.5 Å². The molecule has 0 aromatic carbocycles. The van der Waals surface area contributed by atoms with Crippen LogP contribution in [0.2, 0.25) is 0 Å². The summed E-state index contributed by atoms with van der Waals surface area (Å²) in [7, 11) is 0. The predicted molar refractivity (Wildman–Crippen MR) is 58.0 cm³/mol. The molecule has 2 fully saturated rings. The van der Waals surface area contributed by atoms with Gasteiger partial charge in [-0.05, 0) is 38.5 Å². The van der Waals surface area contributed by atoms with E-state index < -0.39 is 0 Å². The first-order valence-electron chi connectivity index (χ1n) is 6.02. The minimum atomic E-state index is 0.357. The highest BCUT2D eigenvalue weighted by molar-refractivity contribution is 4.95. The predicted octanol–water partition coefficient (Wildman–Crippen LogP) is 2.17. The highest BCUT2D eigenvalue weighted by Gasteiger charge is 2.43. The first-order chi connectivity index (χ1) is 6.61. The maximum Gasteiger partial charge on any atom is 0.0597 e. The largest absolute Gasteiger partial charge is 0.375 e. The molecule has 82 valence electrons. The molecule has 0 aromatic heterocycles. The lowest BCUT2D eigenvalue weighted by atomic mass is 9.71. The third kappa shape index (κ3) is 1.59. The summed E-state index contributed by atoms with van der Waals surface area (Å²) in [6, 6.07) is 0.374. The fraction of sp³-hybridized carbons (Fsp3) is 1.00. The number of rotatable bonds is 2. The minimum absolute atomic E-state index is 0.357. The zero-order valence-electron chi connectivity index (χ0n) is 9.57. The summed E-state index contributed by atoms with van der Waals surface area (Å²) in [5, 5.41) is 0. The SMILES string of the molecule is CC1OC(C)C(C(N)C2CCC2)C1C. The Kier molecular flexibility index (Phi) is 2.85. The van der Waals surface area contributed by atoms with Crippen molar-refractivity contribution in [3.05, 3.63) is 0 Å². The molecule has 1 heterocycles. The molecule has 2 N–H and O–H groups in total. The van der Waals surface area contributed by atoms with Crippen LogP contribution in [0, 0.1) is 17.8 Å². The minimum Gasteiger partial charge on any atom is -0.375 e. The summed E-state index contributed by atoms with van der Waals surface area (Å²) in [4.78, 5) is 0. The monoisotopic (exact) mass is 197 g/mol. The molecular weight excluding hydrogens is 174 g/mol. The third-order valence-electron chi connectivity index (χ3n) is 4.46. The van der Waals surface area contributed by atoms with E-state index in [0.29, 0.717) is 30.1 Å². The van der Waals surface area contributed by atoms with Crippen molar-refractivity contribution in [2.45, 2.75) is 58.3 Å². The third-order valence-corrected chi connectivity index (χ3v) is 4.46. The molecule has 1 saturated heterocycles. The highest BCUT2D eigenvalue weighted by Crippen LogP contribution is 2.40. The van der Waals surface area contributed by atoms with Crippen molar-refractivity contribution < 1.29 is 4.74 Å². The van der Waals surface area contributed by atoms with Crippen LogP contribution in [0.5, 0.6) is 0 Å². The number of hydrogen-bond acceptors (Lipinski definition) is 2. The zero-order chi connectivity index (χ0) is 10.3. The summed E-state index contributed by atoms with van der Waals surface area (Å²) < 4.78 is 5.85. The van der Waals surface area contributed by atoms with Crippen molar-refractivity contribution in [1.29, 1.82) is 0 Å². The van der Waals surface area contributed by atoms with Crippen molar-refractivity contribution in [1.82, 2.24) is 0 Å². The van der Waals surface area contributed by atoms with E-state index in [9.17, 15) is 0 Å². The molecule has 1 aliphatic carbocycles. The molecule has 1 aliphatic heterocycles. The quantitative estimate of drug-likeness (QED) is 0.736. The van der Waals surface area contributed by atoms with Gasteiger partial charge in [0.1, 0.15) is 0 Å². The van der Waals surface area contributed by atoms with Crippen molar-refractivity contribution in [2.75, 3.05) is 0 Å². The lowest BCUT2D eigenvalue weighted by Crippen LogP contribution is -2.45. The van der Waals surface area contributed by atoms with Crippen LogP contribution in [0.4, 0.5) is 0 Å².